The van der Waals surface area contributed by atoms with Crippen molar-refractivity contribution in [3.8, 4) is 5.75 Å². The number of halogens is 5. The van der Waals surface area contributed by atoms with Crippen molar-refractivity contribution in [1.82, 2.24) is 14.8 Å². The van der Waals surface area contributed by atoms with Gasteiger partial charge in [-0.1, -0.05) is 12.1 Å². The average molecular weight is 546 g/mol. The number of rotatable bonds is 8. The molecular formula is C27H24F5N5O2. The molecule has 204 valence electrons. The van der Waals surface area contributed by atoms with Gasteiger partial charge in [0.1, 0.15) is 35.9 Å². The minimum Gasteiger partial charge on any atom is -0.428 e. The van der Waals surface area contributed by atoms with Crippen molar-refractivity contribution in [2.24, 2.45) is 0 Å². The molecule has 1 aromatic heterocycles. The topological polar surface area (TPSA) is 66.7 Å². The molecule has 7 nitrogen and oxygen atoms in total. The van der Waals surface area contributed by atoms with Crippen molar-refractivity contribution in [1.29, 1.82) is 0 Å². The Labute approximate surface area is 220 Å². The van der Waals surface area contributed by atoms with Gasteiger partial charge in [-0.25, -0.2) is 22.8 Å². The quantitative estimate of drug-likeness (QED) is 0.327. The van der Waals surface area contributed by atoms with Gasteiger partial charge in [-0.05, 0) is 48.5 Å². The van der Waals surface area contributed by atoms with Crippen LogP contribution in [0.5, 0.6) is 5.75 Å². The molecule has 1 atom stereocenters. The van der Waals surface area contributed by atoms with E-state index in [-0.39, 0.29) is 11.6 Å². The van der Waals surface area contributed by atoms with Gasteiger partial charge in [0, 0.05) is 43.5 Å². The maximum atomic E-state index is 15.9. The van der Waals surface area contributed by atoms with Gasteiger partial charge in [0.25, 0.3) is 0 Å². The SMILES string of the molecule is OC(Cn1cncn1)(c1ccc(F)cc1F)C(F)(F)Oc1ccccc1N1CCN(c2ccc(F)cc2)CC1. The minimum absolute atomic E-state index is 0.239. The molecule has 12 heteroatoms. The number of alkyl halides is 2. The molecule has 1 fully saturated rings. The lowest BCUT2D eigenvalue weighted by Crippen LogP contribution is -2.53. The van der Waals surface area contributed by atoms with E-state index in [0.29, 0.717) is 37.9 Å². The highest BCUT2D eigenvalue weighted by molar-refractivity contribution is 5.60. The third-order valence-corrected chi connectivity index (χ3v) is 6.63. The number of aromatic nitrogens is 3. The smallest absolute Gasteiger partial charge is 0.428 e. The lowest BCUT2D eigenvalue weighted by Gasteiger charge is -2.39. The molecule has 1 aliphatic heterocycles. The first-order valence-electron chi connectivity index (χ1n) is 12.1. The second-order valence-corrected chi connectivity index (χ2v) is 9.11. The van der Waals surface area contributed by atoms with E-state index in [1.807, 2.05) is 9.80 Å². The molecule has 0 bridgehead atoms. The van der Waals surface area contributed by atoms with Crippen LogP contribution in [0.15, 0.2) is 79.4 Å². The molecule has 0 saturated carbocycles. The predicted molar refractivity (Wildman–Crippen MR) is 133 cm³/mol. The molecule has 1 aliphatic rings. The summed E-state index contributed by atoms with van der Waals surface area (Å²) in [6, 6.07) is 14.1. The first-order chi connectivity index (χ1) is 18.7. The monoisotopic (exact) mass is 545 g/mol. The van der Waals surface area contributed by atoms with E-state index in [1.54, 1.807) is 24.3 Å². The Morgan fingerprint density at radius 3 is 2.18 bits per heavy atom. The summed E-state index contributed by atoms with van der Waals surface area (Å²) in [4.78, 5) is 7.57. The number of hydrogen-bond acceptors (Lipinski definition) is 6. The Morgan fingerprint density at radius 2 is 1.51 bits per heavy atom. The molecule has 1 saturated heterocycles. The van der Waals surface area contributed by atoms with Crippen LogP contribution in [-0.4, -0.2) is 52.2 Å². The van der Waals surface area contributed by atoms with Crippen LogP contribution >= 0.6 is 0 Å². The van der Waals surface area contributed by atoms with E-state index in [1.165, 1.54) is 24.3 Å². The highest BCUT2D eigenvalue weighted by atomic mass is 19.3. The van der Waals surface area contributed by atoms with Gasteiger partial charge in [-0.3, -0.25) is 0 Å². The van der Waals surface area contributed by atoms with Crippen LogP contribution in [-0.2, 0) is 12.1 Å². The predicted octanol–water partition coefficient (Wildman–Crippen LogP) is 4.58. The summed E-state index contributed by atoms with van der Waals surface area (Å²) < 4.78 is 79.5. The van der Waals surface area contributed by atoms with Gasteiger partial charge in [-0.15, -0.1) is 0 Å². The van der Waals surface area contributed by atoms with E-state index < -0.39 is 35.5 Å². The Hall–Kier alpha value is -4.19. The molecule has 1 N–H and O–H groups in total. The second kappa shape index (κ2) is 10.5. The largest absolute Gasteiger partial charge is 0.433 e. The zero-order valence-electron chi connectivity index (χ0n) is 20.5. The van der Waals surface area contributed by atoms with Crippen molar-refractivity contribution >= 4 is 11.4 Å². The van der Waals surface area contributed by atoms with E-state index >= 15 is 8.78 Å². The van der Waals surface area contributed by atoms with Crippen LogP contribution in [0.3, 0.4) is 0 Å². The summed E-state index contributed by atoms with van der Waals surface area (Å²) in [6.45, 7) is 1.03. The molecular weight excluding hydrogens is 521 g/mol. The molecule has 1 unspecified atom stereocenters. The van der Waals surface area contributed by atoms with Crippen molar-refractivity contribution in [2.45, 2.75) is 18.3 Å². The summed E-state index contributed by atoms with van der Waals surface area (Å²) >= 11 is 0. The number of benzene rings is 3. The molecule has 2 heterocycles. The standard InChI is InChI=1S/C27H24F5N5O2/c28-19-5-8-21(9-6-19)35-11-13-36(14-12-35)24-3-1-2-4-25(24)39-27(31,32)26(38,16-37-18-33-17-34-37)22-10-7-20(29)15-23(22)30/h1-10,15,17-18,38H,11-14,16H2. The van der Waals surface area contributed by atoms with Crippen molar-refractivity contribution in [2.75, 3.05) is 36.0 Å². The minimum atomic E-state index is -4.40. The molecule has 0 spiro atoms. The molecule has 0 radical (unpaired) electrons. The number of piperazine rings is 1. The fraction of sp³-hybridized carbons (Fsp3) is 0.259. The molecule has 4 aromatic rings. The van der Waals surface area contributed by atoms with Gasteiger partial charge in [0.05, 0.1) is 12.2 Å². The molecule has 0 aliphatic carbocycles. The first kappa shape index (κ1) is 26.4. The van der Waals surface area contributed by atoms with E-state index in [0.717, 1.165) is 35.2 Å². The van der Waals surface area contributed by atoms with Gasteiger partial charge < -0.3 is 19.6 Å². The number of para-hydroxylation sites is 2. The second-order valence-electron chi connectivity index (χ2n) is 9.11. The number of aliphatic hydroxyl groups is 1. The number of nitrogens with zero attached hydrogens (tertiary/aromatic N) is 5. The summed E-state index contributed by atoms with van der Waals surface area (Å²) in [5, 5.41) is 15.1. The van der Waals surface area contributed by atoms with E-state index in [9.17, 15) is 18.3 Å². The average Bonchev–Trinajstić information content (AvgIpc) is 3.42. The maximum absolute atomic E-state index is 15.9. The van der Waals surface area contributed by atoms with Crippen LogP contribution in [0, 0.1) is 17.5 Å². The van der Waals surface area contributed by atoms with Gasteiger partial charge in [-0.2, -0.15) is 13.9 Å². The van der Waals surface area contributed by atoms with Crippen molar-refractivity contribution < 1.29 is 31.8 Å². The van der Waals surface area contributed by atoms with Crippen LogP contribution in [0.2, 0.25) is 0 Å². The van der Waals surface area contributed by atoms with E-state index in [4.69, 9.17) is 4.74 Å². The maximum Gasteiger partial charge on any atom is 0.433 e. The molecule has 39 heavy (non-hydrogen) atoms. The number of hydrogen-bond donors (Lipinski definition) is 1. The first-order valence-corrected chi connectivity index (χ1v) is 12.1. The van der Waals surface area contributed by atoms with Gasteiger partial charge in [0.15, 0.2) is 0 Å². The fourth-order valence-corrected chi connectivity index (χ4v) is 4.59. The van der Waals surface area contributed by atoms with Gasteiger partial charge >= 0.3 is 6.11 Å². The summed E-state index contributed by atoms with van der Waals surface area (Å²) in [5.74, 6) is -2.94. The molecule has 3 aromatic carbocycles. The molecule has 5 rings (SSSR count). The van der Waals surface area contributed by atoms with Crippen LogP contribution < -0.4 is 14.5 Å². The zero-order valence-corrected chi connectivity index (χ0v) is 20.5. The lowest BCUT2D eigenvalue weighted by molar-refractivity contribution is -0.301. The highest BCUT2D eigenvalue weighted by Gasteiger charge is 2.59. The third-order valence-electron chi connectivity index (χ3n) is 6.63. The molecule has 0 amide bonds. The Kier molecular flexibility index (Phi) is 7.13. The third kappa shape index (κ3) is 5.37. The normalized spacial score (nSPS) is 15.7. The van der Waals surface area contributed by atoms with Crippen molar-refractivity contribution in [3.63, 3.8) is 0 Å². The fourth-order valence-electron chi connectivity index (χ4n) is 4.59. The van der Waals surface area contributed by atoms with Gasteiger partial charge in [0.2, 0.25) is 5.60 Å². The number of anilines is 2. The van der Waals surface area contributed by atoms with E-state index in [2.05, 4.69) is 10.1 Å². The van der Waals surface area contributed by atoms with Crippen LogP contribution in [0.1, 0.15) is 5.56 Å². The van der Waals surface area contributed by atoms with Crippen LogP contribution in [0.25, 0.3) is 0 Å². The zero-order chi connectivity index (χ0) is 27.6. The lowest BCUT2D eigenvalue weighted by atomic mass is 9.91. The Bertz CT molecular complexity index is 1410. The summed E-state index contributed by atoms with van der Waals surface area (Å²) in [5.41, 5.74) is -2.97. The summed E-state index contributed by atoms with van der Waals surface area (Å²) in [7, 11) is 0. The summed E-state index contributed by atoms with van der Waals surface area (Å²) in [6.07, 6.45) is -2.25. The Balaban J connectivity index is 1.42. The van der Waals surface area contributed by atoms with Crippen LogP contribution in [0.4, 0.5) is 33.3 Å². The Morgan fingerprint density at radius 1 is 0.846 bits per heavy atom. The number of ether oxygens (including phenoxy) is 1. The highest BCUT2D eigenvalue weighted by Crippen LogP contribution is 2.44. The van der Waals surface area contributed by atoms with Crippen molar-refractivity contribution in [3.05, 3.63) is 102 Å².